The normalized spacial score (nSPS) is 11.5. The molecule has 0 aliphatic carbocycles. The maximum Gasteiger partial charge on any atom is 0.187 e. The molecule has 0 saturated heterocycles. The van der Waals surface area contributed by atoms with Crippen molar-refractivity contribution in [2.75, 3.05) is 5.43 Å². The molecule has 2 aromatic rings. The Hall–Kier alpha value is -2.01. The maximum atomic E-state index is 13.7. The van der Waals surface area contributed by atoms with Crippen LogP contribution < -0.4 is 11.3 Å². The number of hydrogen-bond acceptors (Lipinski definition) is 4. The van der Waals surface area contributed by atoms with E-state index in [0.717, 1.165) is 5.56 Å². The smallest absolute Gasteiger partial charge is 0.187 e. The van der Waals surface area contributed by atoms with Crippen molar-refractivity contribution in [3.8, 4) is 11.4 Å². The van der Waals surface area contributed by atoms with Crippen molar-refractivity contribution in [1.29, 1.82) is 0 Å². The van der Waals surface area contributed by atoms with Crippen LogP contribution in [0.2, 0.25) is 0 Å². The van der Waals surface area contributed by atoms with E-state index in [4.69, 9.17) is 5.84 Å². The highest BCUT2D eigenvalue weighted by molar-refractivity contribution is 5.58. The van der Waals surface area contributed by atoms with Gasteiger partial charge < -0.3 is 5.43 Å². The number of hydrogen-bond donors (Lipinski definition) is 2. The first-order chi connectivity index (χ1) is 9.32. The first-order valence-electron chi connectivity index (χ1n) is 6.44. The van der Waals surface area contributed by atoms with Crippen LogP contribution in [0.3, 0.4) is 0 Å². The number of benzene rings is 1. The first-order valence-corrected chi connectivity index (χ1v) is 6.44. The summed E-state index contributed by atoms with van der Waals surface area (Å²) in [5.74, 6) is 5.20. The molecule has 0 unspecified atom stereocenters. The zero-order chi connectivity index (χ0) is 14.9. The largest absolute Gasteiger partial charge is 0.306 e. The molecule has 2 rings (SSSR count). The SMILES string of the molecule is Cc1nc(-c2ccc(C(C)(C)C)cc2)nc(NN)c1F. The zero-order valence-corrected chi connectivity index (χ0v) is 12.2. The second kappa shape index (κ2) is 5.17. The average molecular weight is 274 g/mol. The molecule has 20 heavy (non-hydrogen) atoms. The fourth-order valence-electron chi connectivity index (χ4n) is 1.90. The average Bonchev–Trinajstić information content (AvgIpc) is 2.41. The molecule has 4 nitrogen and oxygen atoms in total. The Labute approximate surface area is 118 Å². The molecule has 5 heteroatoms. The Morgan fingerprint density at radius 2 is 1.70 bits per heavy atom. The molecule has 0 aliphatic heterocycles. The van der Waals surface area contributed by atoms with Crippen LogP contribution in [-0.2, 0) is 5.41 Å². The summed E-state index contributed by atoms with van der Waals surface area (Å²) in [4.78, 5) is 8.25. The van der Waals surface area contributed by atoms with E-state index in [0.29, 0.717) is 5.82 Å². The van der Waals surface area contributed by atoms with Gasteiger partial charge in [0.25, 0.3) is 0 Å². The van der Waals surface area contributed by atoms with Crippen LogP contribution in [-0.4, -0.2) is 9.97 Å². The topological polar surface area (TPSA) is 63.8 Å². The van der Waals surface area contributed by atoms with Gasteiger partial charge in [-0.25, -0.2) is 20.2 Å². The van der Waals surface area contributed by atoms with Crippen molar-refractivity contribution in [2.24, 2.45) is 5.84 Å². The molecule has 0 fully saturated rings. The van der Waals surface area contributed by atoms with Crippen molar-refractivity contribution in [3.05, 3.63) is 41.3 Å². The van der Waals surface area contributed by atoms with Gasteiger partial charge >= 0.3 is 0 Å². The number of rotatable bonds is 2. The minimum absolute atomic E-state index is 0.00685. The Morgan fingerprint density at radius 3 is 2.20 bits per heavy atom. The quantitative estimate of drug-likeness (QED) is 0.652. The summed E-state index contributed by atoms with van der Waals surface area (Å²) in [6.07, 6.45) is 0. The lowest BCUT2D eigenvalue weighted by Crippen LogP contribution is -2.13. The first kappa shape index (κ1) is 14.4. The third-order valence-corrected chi connectivity index (χ3v) is 3.16. The third kappa shape index (κ3) is 2.77. The minimum Gasteiger partial charge on any atom is -0.306 e. The van der Waals surface area contributed by atoms with E-state index in [9.17, 15) is 4.39 Å². The predicted octanol–water partition coefficient (Wildman–Crippen LogP) is 3.17. The monoisotopic (exact) mass is 274 g/mol. The van der Waals surface area contributed by atoms with Gasteiger partial charge in [0, 0.05) is 5.56 Å². The number of halogens is 1. The Morgan fingerprint density at radius 1 is 1.10 bits per heavy atom. The molecule has 0 atom stereocenters. The van der Waals surface area contributed by atoms with Crippen LogP contribution in [0, 0.1) is 12.7 Å². The molecule has 0 radical (unpaired) electrons. The highest BCUT2D eigenvalue weighted by Crippen LogP contribution is 2.26. The summed E-state index contributed by atoms with van der Waals surface area (Å²) < 4.78 is 13.7. The van der Waals surface area contributed by atoms with E-state index in [1.807, 2.05) is 24.3 Å². The van der Waals surface area contributed by atoms with Crippen molar-refractivity contribution in [1.82, 2.24) is 9.97 Å². The number of nitrogens with two attached hydrogens (primary N) is 1. The standard InChI is InChI=1S/C15H19FN4/c1-9-12(16)14(20-17)19-13(18-9)10-5-7-11(8-6-10)15(2,3)4/h5-8H,17H2,1-4H3,(H,18,19,20). The summed E-state index contributed by atoms with van der Waals surface area (Å²) in [5, 5.41) is 0. The lowest BCUT2D eigenvalue weighted by molar-refractivity contribution is 0.590. The van der Waals surface area contributed by atoms with Crippen LogP contribution in [0.15, 0.2) is 24.3 Å². The van der Waals surface area contributed by atoms with Gasteiger partial charge in [-0.15, -0.1) is 0 Å². The van der Waals surface area contributed by atoms with Gasteiger partial charge in [0.2, 0.25) is 0 Å². The number of aromatic nitrogens is 2. The Kier molecular flexibility index (Phi) is 3.72. The van der Waals surface area contributed by atoms with Gasteiger partial charge in [0.1, 0.15) is 0 Å². The summed E-state index contributed by atoms with van der Waals surface area (Å²) in [5.41, 5.74) is 4.66. The second-order valence-electron chi connectivity index (χ2n) is 5.77. The number of hydrazine groups is 1. The van der Waals surface area contributed by atoms with Gasteiger partial charge in [0.15, 0.2) is 17.5 Å². The van der Waals surface area contributed by atoms with Gasteiger partial charge in [-0.3, -0.25) is 0 Å². The van der Waals surface area contributed by atoms with Gasteiger partial charge in [-0.05, 0) is 17.9 Å². The zero-order valence-electron chi connectivity index (χ0n) is 12.2. The fourth-order valence-corrected chi connectivity index (χ4v) is 1.90. The highest BCUT2D eigenvalue weighted by Gasteiger charge is 2.15. The summed E-state index contributed by atoms with van der Waals surface area (Å²) in [7, 11) is 0. The second-order valence-corrected chi connectivity index (χ2v) is 5.77. The van der Waals surface area contributed by atoms with E-state index in [1.165, 1.54) is 5.56 Å². The summed E-state index contributed by atoms with van der Waals surface area (Å²) in [6.45, 7) is 8.04. The van der Waals surface area contributed by atoms with Crippen LogP contribution in [0.1, 0.15) is 32.0 Å². The van der Waals surface area contributed by atoms with E-state index in [2.05, 4.69) is 36.2 Å². The van der Waals surface area contributed by atoms with E-state index < -0.39 is 5.82 Å². The Bertz CT molecular complexity index is 615. The third-order valence-electron chi connectivity index (χ3n) is 3.16. The highest BCUT2D eigenvalue weighted by atomic mass is 19.1. The summed E-state index contributed by atoms with van der Waals surface area (Å²) in [6, 6.07) is 7.95. The molecule has 0 aliphatic rings. The van der Waals surface area contributed by atoms with Gasteiger partial charge in [0.05, 0.1) is 5.69 Å². The molecule has 1 aromatic carbocycles. The lowest BCUT2D eigenvalue weighted by Gasteiger charge is -2.19. The van der Waals surface area contributed by atoms with Crippen molar-refractivity contribution in [3.63, 3.8) is 0 Å². The van der Waals surface area contributed by atoms with Crippen LogP contribution in [0.4, 0.5) is 10.2 Å². The molecular formula is C15H19FN4. The van der Waals surface area contributed by atoms with Gasteiger partial charge in [-0.2, -0.15) is 0 Å². The fraction of sp³-hybridized carbons (Fsp3) is 0.333. The van der Waals surface area contributed by atoms with E-state index in [1.54, 1.807) is 6.92 Å². The van der Waals surface area contributed by atoms with E-state index in [-0.39, 0.29) is 16.9 Å². The Balaban J connectivity index is 2.44. The van der Waals surface area contributed by atoms with Crippen LogP contribution >= 0.6 is 0 Å². The van der Waals surface area contributed by atoms with E-state index >= 15 is 0 Å². The van der Waals surface area contributed by atoms with Crippen LogP contribution in [0.5, 0.6) is 0 Å². The number of nitrogen functional groups attached to an aromatic ring is 1. The molecule has 0 amide bonds. The molecule has 1 aromatic heterocycles. The molecule has 106 valence electrons. The number of anilines is 1. The maximum absolute atomic E-state index is 13.7. The molecule has 3 N–H and O–H groups in total. The minimum atomic E-state index is -0.525. The number of nitrogens with zero attached hydrogens (tertiary/aromatic N) is 2. The molecule has 0 saturated carbocycles. The van der Waals surface area contributed by atoms with Crippen molar-refractivity contribution < 1.29 is 4.39 Å². The predicted molar refractivity (Wildman–Crippen MR) is 78.7 cm³/mol. The number of aryl methyl sites for hydroxylation is 1. The number of nitrogens with one attached hydrogen (secondary N) is 1. The van der Waals surface area contributed by atoms with Crippen molar-refractivity contribution in [2.45, 2.75) is 33.1 Å². The van der Waals surface area contributed by atoms with Gasteiger partial charge in [-0.1, -0.05) is 45.0 Å². The molecular weight excluding hydrogens is 255 g/mol. The van der Waals surface area contributed by atoms with Crippen molar-refractivity contribution >= 4 is 5.82 Å². The van der Waals surface area contributed by atoms with Crippen LogP contribution in [0.25, 0.3) is 11.4 Å². The molecule has 1 heterocycles. The lowest BCUT2D eigenvalue weighted by atomic mass is 9.87. The molecule has 0 bridgehead atoms. The summed E-state index contributed by atoms with van der Waals surface area (Å²) >= 11 is 0. The molecule has 0 spiro atoms.